The average Bonchev–Trinajstić information content (AvgIpc) is 2.84. The van der Waals surface area contributed by atoms with Crippen LogP contribution in [0.5, 0.6) is 5.88 Å². The lowest BCUT2D eigenvalue weighted by molar-refractivity contribution is -0.137. The SMILES string of the molecule is Cc1cc(=O)c(C(=O)Nc2ccc(OCc3ccccc3)nc2)nn1-c1ccccc1C(F)(F)F. The maximum atomic E-state index is 13.5. The summed E-state index contributed by atoms with van der Waals surface area (Å²) in [7, 11) is 0. The van der Waals surface area contributed by atoms with Gasteiger partial charge in [0.2, 0.25) is 11.3 Å². The molecule has 10 heteroatoms. The average molecular weight is 480 g/mol. The number of hydrogen-bond donors (Lipinski definition) is 1. The van der Waals surface area contributed by atoms with E-state index < -0.39 is 28.8 Å². The fourth-order valence-corrected chi connectivity index (χ4v) is 3.31. The van der Waals surface area contributed by atoms with Crippen LogP contribution in [0.15, 0.2) is 83.8 Å². The molecule has 4 aromatic rings. The fraction of sp³-hybridized carbons (Fsp3) is 0.120. The van der Waals surface area contributed by atoms with Crippen molar-refractivity contribution in [3.05, 3.63) is 112 Å². The van der Waals surface area contributed by atoms with Crippen LogP contribution >= 0.6 is 0 Å². The van der Waals surface area contributed by atoms with Crippen LogP contribution in [0.4, 0.5) is 18.9 Å². The van der Waals surface area contributed by atoms with Crippen LogP contribution < -0.4 is 15.5 Å². The number of nitrogens with zero attached hydrogens (tertiary/aromatic N) is 3. The van der Waals surface area contributed by atoms with Gasteiger partial charge in [-0.2, -0.15) is 18.3 Å². The van der Waals surface area contributed by atoms with Gasteiger partial charge in [0.1, 0.15) is 6.61 Å². The molecule has 0 spiro atoms. The number of aromatic nitrogens is 3. The molecule has 0 aliphatic heterocycles. The van der Waals surface area contributed by atoms with Gasteiger partial charge >= 0.3 is 6.18 Å². The standard InChI is InChI=1S/C25H19F3N4O3/c1-16-13-21(33)23(31-32(16)20-10-6-5-9-19(20)25(26,27)28)24(34)30-18-11-12-22(29-14-18)35-15-17-7-3-2-4-8-17/h2-14H,15H2,1H3,(H,30,34). The maximum Gasteiger partial charge on any atom is 0.418 e. The summed E-state index contributed by atoms with van der Waals surface area (Å²) in [5.41, 5.74) is -1.17. The number of benzene rings is 2. The van der Waals surface area contributed by atoms with Gasteiger partial charge in [0.05, 0.1) is 23.1 Å². The molecule has 2 aromatic carbocycles. The monoisotopic (exact) mass is 480 g/mol. The predicted molar refractivity (Wildman–Crippen MR) is 123 cm³/mol. The molecule has 0 fully saturated rings. The highest BCUT2D eigenvalue weighted by molar-refractivity contribution is 6.02. The minimum absolute atomic E-state index is 0.143. The smallest absolute Gasteiger partial charge is 0.418 e. The van der Waals surface area contributed by atoms with Crippen LogP contribution in [-0.4, -0.2) is 20.7 Å². The lowest BCUT2D eigenvalue weighted by Crippen LogP contribution is -2.27. The zero-order chi connectivity index (χ0) is 25.0. The van der Waals surface area contributed by atoms with Crippen molar-refractivity contribution in [1.29, 1.82) is 0 Å². The van der Waals surface area contributed by atoms with Gasteiger partial charge < -0.3 is 10.1 Å². The number of pyridine rings is 1. The van der Waals surface area contributed by atoms with E-state index in [-0.39, 0.29) is 17.1 Å². The van der Waals surface area contributed by atoms with Gasteiger partial charge in [-0.25, -0.2) is 9.67 Å². The Hall–Kier alpha value is -4.47. The molecule has 2 aromatic heterocycles. The van der Waals surface area contributed by atoms with Crippen LogP contribution in [0, 0.1) is 6.92 Å². The molecule has 1 N–H and O–H groups in total. The second-order valence-electron chi connectivity index (χ2n) is 7.54. The van der Waals surface area contributed by atoms with Crippen LogP contribution in [-0.2, 0) is 12.8 Å². The number of alkyl halides is 3. The van der Waals surface area contributed by atoms with Crippen molar-refractivity contribution in [2.24, 2.45) is 0 Å². The summed E-state index contributed by atoms with van der Waals surface area (Å²) < 4.78 is 46.9. The Balaban J connectivity index is 1.54. The number of anilines is 1. The summed E-state index contributed by atoms with van der Waals surface area (Å²) in [5.74, 6) is -0.556. The number of hydrogen-bond acceptors (Lipinski definition) is 5. The number of para-hydroxylation sites is 1. The summed E-state index contributed by atoms with van der Waals surface area (Å²) >= 11 is 0. The number of carbonyl (C=O) groups excluding carboxylic acids is 1. The first-order valence-corrected chi connectivity index (χ1v) is 10.4. The summed E-state index contributed by atoms with van der Waals surface area (Å²) in [6.45, 7) is 1.74. The normalized spacial score (nSPS) is 11.2. The number of amides is 1. The van der Waals surface area contributed by atoms with E-state index in [9.17, 15) is 22.8 Å². The number of nitrogens with one attached hydrogen (secondary N) is 1. The molecule has 2 heterocycles. The maximum absolute atomic E-state index is 13.5. The van der Waals surface area contributed by atoms with Crippen LogP contribution in [0.25, 0.3) is 5.69 Å². The first kappa shape index (κ1) is 23.7. The van der Waals surface area contributed by atoms with Crippen LogP contribution in [0.1, 0.15) is 27.3 Å². The van der Waals surface area contributed by atoms with Crippen LogP contribution in [0.2, 0.25) is 0 Å². The third-order valence-electron chi connectivity index (χ3n) is 4.98. The Bertz CT molecular complexity index is 1400. The van der Waals surface area contributed by atoms with E-state index >= 15 is 0 Å². The van der Waals surface area contributed by atoms with Crippen LogP contribution in [0.3, 0.4) is 0 Å². The van der Waals surface area contributed by atoms with Crippen molar-refractivity contribution in [2.75, 3.05) is 5.32 Å². The lowest BCUT2D eigenvalue weighted by Gasteiger charge is -2.16. The topological polar surface area (TPSA) is 86.1 Å². The second-order valence-corrected chi connectivity index (χ2v) is 7.54. The number of aryl methyl sites for hydroxylation is 1. The Morgan fingerprint density at radius 1 is 1.03 bits per heavy atom. The van der Waals surface area contributed by atoms with E-state index in [1.54, 1.807) is 6.07 Å². The predicted octanol–water partition coefficient (Wildman–Crippen LogP) is 4.79. The largest absolute Gasteiger partial charge is 0.473 e. The highest BCUT2D eigenvalue weighted by atomic mass is 19.4. The van der Waals surface area contributed by atoms with Crippen molar-refractivity contribution in [1.82, 2.24) is 14.8 Å². The van der Waals surface area contributed by atoms with Gasteiger partial charge in [0, 0.05) is 17.8 Å². The molecule has 178 valence electrons. The molecule has 0 unspecified atom stereocenters. The molecule has 7 nitrogen and oxygen atoms in total. The molecule has 0 radical (unpaired) electrons. The molecule has 0 saturated heterocycles. The molecule has 1 amide bonds. The van der Waals surface area contributed by atoms with Gasteiger partial charge in [-0.15, -0.1) is 0 Å². The molecule has 0 atom stereocenters. The Morgan fingerprint density at radius 2 is 1.74 bits per heavy atom. The van der Waals surface area contributed by atoms with E-state index in [1.807, 2.05) is 30.3 Å². The van der Waals surface area contributed by atoms with Gasteiger partial charge in [-0.05, 0) is 30.7 Å². The third kappa shape index (κ3) is 5.55. The summed E-state index contributed by atoms with van der Waals surface area (Å²) in [6, 6.07) is 18.4. The number of carbonyl (C=O) groups is 1. The zero-order valence-electron chi connectivity index (χ0n) is 18.4. The molecule has 4 rings (SSSR count). The second kappa shape index (κ2) is 9.80. The third-order valence-corrected chi connectivity index (χ3v) is 4.98. The summed E-state index contributed by atoms with van der Waals surface area (Å²) in [5, 5.41) is 6.43. The number of halogens is 3. The van der Waals surface area contributed by atoms with E-state index in [1.165, 1.54) is 37.4 Å². The Kier molecular flexibility index (Phi) is 6.63. The molecule has 35 heavy (non-hydrogen) atoms. The first-order valence-electron chi connectivity index (χ1n) is 10.4. The molecule has 0 saturated carbocycles. The van der Waals surface area contributed by atoms with Gasteiger partial charge in [-0.3, -0.25) is 9.59 Å². The summed E-state index contributed by atoms with van der Waals surface area (Å²) in [6.07, 6.45) is -3.31. The van der Waals surface area contributed by atoms with Crippen molar-refractivity contribution < 1.29 is 22.7 Å². The van der Waals surface area contributed by atoms with Crippen molar-refractivity contribution in [3.8, 4) is 11.6 Å². The minimum atomic E-state index is -4.65. The molecule has 0 bridgehead atoms. The number of ether oxygens (including phenoxy) is 1. The molecular weight excluding hydrogens is 461 g/mol. The fourth-order valence-electron chi connectivity index (χ4n) is 3.31. The van der Waals surface area contributed by atoms with E-state index in [4.69, 9.17) is 4.74 Å². The highest BCUT2D eigenvalue weighted by Gasteiger charge is 2.34. The van der Waals surface area contributed by atoms with E-state index in [2.05, 4.69) is 15.4 Å². The zero-order valence-corrected chi connectivity index (χ0v) is 18.4. The highest BCUT2D eigenvalue weighted by Crippen LogP contribution is 2.33. The van der Waals surface area contributed by atoms with Crippen molar-refractivity contribution in [3.63, 3.8) is 0 Å². The molecular formula is C25H19F3N4O3. The number of rotatable bonds is 6. The summed E-state index contributed by atoms with van der Waals surface area (Å²) in [4.78, 5) is 29.3. The molecule has 0 aliphatic carbocycles. The first-order chi connectivity index (χ1) is 16.7. The van der Waals surface area contributed by atoms with Gasteiger partial charge in [0.25, 0.3) is 5.91 Å². The van der Waals surface area contributed by atoms with E-state index in [0.29, 0.717) is 12.5 Å². The Morgan fingerprint density at radius 3 is 2.43 bits per heavy atom. The van der Waals surface area contributed by atoms with Crippen molar-refractivity contribution in [2.45, 2.75) is 19.7 Å². The van der Waals surface area contributed by atoms with Gasteiger partial charge in [0.15, 0.2) is 5.69 Å². The van der Waals surface area contributed by atoms with Gasteiger partial charge in [-0.1, -0.05) is 42.5 Å². The van der Waals surface area contributed by atoms with E-state index in [0.717, 1.165) is 22.4 Å². The minimum Gasteiger partial charge on any atom is -0.473 e. The Labute approximate surface area is 197 Å². The van der Waals surface area contributed by atoms with Crippen molar-refractivity contribution >= 4 is 11.6 Å². The lowest BCUT2D eigenvalue weighted by atomic mass is 10.1. The quantitative estimate of drug-likeness (QED) is 0.429. The molecule has 0 aliphatic rings.